The topological polar surface area (TPSA) is 99.1 Å². The van der Waals surface area contributed by atoms with Crippen LogP contribution in [0.15, 0.2) is 0 Å². The number of carbonyl (C=O) groups is 2. The Hall–Kier alpha value is -1.34. The molecule has 0 aromatic rings. The third kappa shape index (κ3) is 3.33. The van der Waals surface area contributed by atoms with E-state index >= 15 is 0 Å². The van der Waals surface area contributed by atoms with Gasteiger partial charge in [0.2, 0.25) is 0 Å². The molecule has 0 aromatic heterocycles. The predicted molar refractivity (Wildman–Crippen MR) is 63.3 cm³/mol. The number of carboxylic acid groups (broad SMARTS) is 1. The molecule has 2 unspecified atom stereocenters. The van der Waals surface area contributed by atoms with Crippen LogP contribution in [-0.2, 0) is 9.53 Å². The summed E-state index contributed by atoms with van der Waals surface area (Å²) in [6.07, 6.45) is -0.107. The highest BCUT2D eigenvalue weighted by Gasteiger charge is 2.35. The van der Waals surface area contributed by atoms with E-state index in [1.54, 1.807) is 6.92 Å². The summed E-state index contributed by atoms with van der Waals surface area (Å²) in [5, 5.41) is 20.6. The summed E-state index contributed by atoms with van der Waals surface area (Å²) in [6, 6.07) is -0.441. The number of carboxylic acids is 1. The highest BCUT2D eigenvalue weighted by molar-refractivity contribution is 5.85. The number of hydrogen-bond donors (Lipinski definition) is 3. The predicted octanol–water partition coefficient (Wildman–Crippen LogP) is -0.358. The number of nitrogens with one attached hydrogen (secondary N) is 1. The molecule has 0 spiro atoms. The molecule has 1 aliphatic heterocycles. The van der Waals surface area contributed by atoms with E-state index in [4.69, 9.17) is 14.9 Å². The monoisotopic (exact) mass is 260 g/mol. The third-order valence-corrected chi connectivity index (χ3v) is 3.19. The zero-order valence-electron chi connectivity index (χ0n) is 10.7. The van der Waals surface area contributed by atoms with Crippen LogP contribution < -0.4 is 5.32 Å². The maximum absolute atomic E-state index is 12.0. The van der Waals surface area contributed by atoms with Gasteiger partial charge in [-0.25, -0.2) is 9.59 Å². The van der Waals surface area contributed by atoms with Gasteiger partial charge in [-0.3, -0.25) is 0 Å². The van der Waals surface area contributed by atoms with Crippen LogP contribution >= 0.6 is 0 Å². The summed E-state index contributed by atoms with van der Waals surface area (Å²) >= 11 is 0. The number of ether oxygens (including phenoxy) is 1. The summed E-state index contributed by atoms with van der Waals surface area (Å²) in [5.74, 6) is -1.06. The molecule has 2 amide bonds. The van der Waals surface area contributed by atoms with Crippen molar-refractivity contribution in [3.8, 4) is 0 Å². The second-order valence-electron chi connectivity index (χ2n) is 4.54. The molecule has 1 heterocycles. The number of rotatable bonds is 4. The lowest BCUT2D eigenvalue weighted by Crippen LogP contribution is -2.58. The molecule has 7 nitrogen and oxygen atoms in total. The van der Waals surface area contributed by atoms with Crippen molar-refractivity contribution in [2.45, 2.75) is 31.9 Å². The van der Waals surface area contributed by atoms with Gasteiger partial charge >= 0.3 is 12.0 Å². The average molecular weight is 260 g/mol. The number of aliphatic hydroxyl groups is 1. The van der Waals surface area contributed by atoms with E-state index < -0.39 is 23.6 Å². The molecule has 2 atom stereocenters. The molecule has 1 rings (SSSR count). The summed E-state index contributed by atoms with van der Waals surface area (Å²) in [5.41, 5.74) is -1.27. The Kier molecular flexibility index (Phi) is 4.92. The lowest BCUT2D eigenvalue weighted by atomic mass is 10.00. The summed E-state index contributed by atoms with van der Waals surface area (Å²) in [7, 11) is 0. The minimum Gasteiger partial charge on any atom is -0.480 e. The Morgan fingerprint density at radius 3 is 2.72 bits per heavy atom. The maximum Gasteiger partial charge on any atom is 0.329 e. The fourth-order valence-electron chi connectivity index (χ4n) is 1.62. The van der Waals surface area contributed by atoms with Crippen molar-refractivity contribution in [1.29, 1.82) is 0 Å². The van der Waals surface area contributed by atoms with Crippen LogP contribution in [0, 0.1) is 0 Å². The van der Waals surface area contributed by atoms with Crippen LogP contribution in [-0.4, -0.2) is 65.1 Å². The normalized spacial score (nSPS) is 23.3. The van der Waals surface area contributed by atoms with E-state index in [0.29, 0.717) is 19.6 Å². The van der Waals surface area contributed by atoms with Gasteiger partial charge in [0.25, 0.3) is 0 Å². The molecule has 1 aliphatic rings. The Morgan fingerprint density at radius 2 is 2.22 bits per heavy atom. The summed E-state index contributed by atoms with van der Waals surface area (Å²) in [6.45, 7) is 4.01. The second kappa shape index (κ2) is 6.01. The number of carbonyl (C=O) groups excluding carboxylic acids is 1. The molecule has 0 bridgehead atoms. The first-order valence-electron chi connectivity index (χ1n) is 5.96. The van der Waals surface area contributed by atoms with Gasteiger partial charge < -0.3 is 25.2 Å². The van der Waals surface area contributed by atoms with E-state index in [-0.39, 0.29) is 13.2 Å². The lowest BCUT2D eigenvalue weighted by molar-refractivity contribution is -0.144. The van der Waals surface area contributed by atoms with Crippen molar-refractivity contribution in [3.63, 3.8) is 0 Å². The Labute approximate surface area is 106 Å². The van der Waals surface area contributed by atoms with Gasteiger partial charge in [-0.2, -0.15) is 0 Å². The van der Waals surface area contributed by atoms with Gasteiger partial charge in [-0.15, -0.1) is 0 Å². The summed E-state index contributed by atoms with van der Waals surface area (Å²) < 4.78 is 5.22. The number of urea groups is 1. The number of aliphatic hydroxyl groups excluding tert-OH is 1. The third-order valence-electron chi connectivity index (χ3n) is 3.19. The van der Waals surface area contributed by atoms with Crippen LogP contribution in [0.4, 0.5) is 4.79 Å². The van der Waals surface area contributed by atoms with Crippen LogP contribution in [0.3, 0.4) is 0 Å². The van der Waals surface area contributed by atoms with Gasteiger partial charge in [0.15, 0.2) is 0 Å². The smallest absolute Gasteiger partial charge is 0.329 e. The minimum absolute atomic E-state index is 0.159. The fraction of sp³-hybridized carbons (Fsp3) is 0.818. The van der Waals surface area contributed by atoms with Crippen LogP contribution in [0.25, 0.3) is 0 Å². The Bertz CT molecular complexity index is 323. The largest absolute Gasteiger partial charge is 0.480 e. The van der Waals surface area contributed by atoms with Crippen molar-refractivity contribution >= 4 is 12.0 Å². The number of amides is 2. The van der Waals surface area contributed by atoms with Gasteiger partial charge in [0.05, 0.1) is 25.9 Å². The average Bonchev–Trinajstić information content (AvgIpc) is 2.38. The van der Waals surface area contributed by atoms with E-state index in [9.17, 15) is 9.59 Å². The van der Waals surface area contributed by atoms with Crippen LogP contribution in [0.1, 0.15) is 20.3 Å². The molecule has 104 valence electrons. The maximum atomic E-state index is 12.0. The van der Waals surface area contributed by atoms with E-state index in [1.807, 2.05) is 0 Å². The first-order chi connectivity index (χ1) is 8.42. The van der Waals surface area contributed by atoms with Crippen molar-refractivity contribution in [2.75, 3.05) is 26.3 Å². The number of hydrogen-bond acceptors (Lipinski definition) is 4. The fourth-order valence-corrected chi connectivity index (χ4v) is 1.62. The number of morpholine rings is 1. The van der Waals surface area contributed by atoms with Gasteiger partial charge in [-0.05, 0) is 13.3 Å². The van der Waals surface area contributed by atoms with Gasteiger partial charge in [0.1, 0.15) is 5.54 Å². The molecule has 0 aromatic carbocycles. The number of aliphatic carboxylic acids is 1. The van der Waals surface area contributed by atoms with Crippen LogP contribution in [0.2, 0.25) is 0 Å². The first kappa shape index (κ1) is 14.7. The molecule has 0 radical (unpaired) electrons. The van der Waals surface area contributed by atoms with Crippen LogP contribution in [0.5, 0.6) is 0 Å². The minimum atomic E-state index is -1.27. The zero-order chi connectivity index (χ0) is 13.8. The van der Waals surface area contributed by atoms with E-state index in [1.165, 1.54) is 11.8 Å². The molecule has 7 heteroatoms. The summed E-state index contributed by atoms with van der Waals surface area (Å²) in [4.78, 5) is 24.5. The molecule has 1 saturated heterocycles. The van der Waals surface area contributed by atoms with E-state index in [0.717, 1.165) is 0 Å². The van der Waals surface area contributed by atoms with Crippen molar-refractivity contribution < 1.29 is 24.5 Å². The Balaban J connectivity index is 2.61. The lowest BCUT2D eigenvalue weighted by Gasteiger charge is -2.34. The molecule has 0 saturated carbocycles. The van der Waals surface area contributed by atoms with Crippen molar-refractivity contribution in [1.82, 2.24) is 10.2 Å². The van der Waals surface area contributed by atoms with Crippen molar-refractivity contribution in [2.24, 2.45) is 0 Å². The standard InChI is InChI=1S/C11H20N2O5/c1-3-11(2,9(15)16)12-10(17)13-4-5-18-8(6-13)7-14/h8,14H,3-7H2,1-2H3,(H,12,17)(H,15,16). The zero-order valence-corrected chi connectivity index (χ0v) is 10.7. The molecular formula is C11H20N2O5. The molecule has 3 N–H and O–H groups in total. The SMILES string of the molecule is CCC(C)(NC(=O)N1CCOC(CO)C1)C(=O)O. The van der Waals surface area contributed by atoms with Gasteiger partial charge in [-0.1, -0.05) is 6.92 Å². The second-order valence-corrected chi connectivity index (χ2v) is 4.54. The highest BCUT2D eigenvalue weighted by Crippen LogP contribution is 2.12. The molecule has 18 heavy (non-hydrogen) atoms. The van der Waals surface area contributed by atoms with Crippen molar-refractivity contribution in [3.05, 3.63) is 0 Å². The highest BCUT2D eigenvalue weighted by atomic mass is 16.5. The number of nitrogens with zero attached hydrogens (tertiary/aromatic N) is 1. The molecule has 1 fully saturated rings. The first-order valence-corrected chi connectivity index (χ1v) is 5.96. The van der Waals surface area contributed by atoms with Gasteiger partial charge in [0, 0.05) is 6.54 Å². The quantitative estimate of drug-likeness (QED) is 0.641. The van der Waals surface area contributed by atoms with E-state index in [2.05, 4.69) is 5.32 Å². The molecule has 0 aliphatic carbocycles. The Morgan fingerprint density at radius 1 is 1.56 bits per heavy atom. The molecular weight excluding hydrogens is 240 g/mol.